The number of aliphatic hydroxyl groups excluding tert-OH is 2. The van der Waals surface area contributed by atoms with Crippen LogP contribution in [-0.4, -0.2) is 52.9 Å². The van der Waals surface area contributed by atoms with Gasteiger partial charge in [-0.1, -0.05) is 23.7 Å². The lowest BCUT2D eigenvalue weighted by Crippen LogP contribution is -2.41. The van der Waals surface area contributed by atoms with Gasteiger partial charge in [0.2, 0.25) is 0 Å². The van der Waals surface area contributed by atoms with E-state index in [1.165, 1.54) is 5.48 Å². The zero-order chi connectivity index (χ0) is 20.8. The van der Waals surface area contributed by atoms with Crippen molar-refractivity contribution in [2.75, 3.05) is 7.11 Å². The average molecular weight is 393 g/mol. The fourth-order valence-corrected chi connectivity index (χ4v) is 2.69. The van der Waals surface area contributed by atoms with Crippen LogP contribution in [0.25, 0.3) is 0 Å². The number of methoxy groups -OCH3 is 1. The minimum Gasteiger partial charge on any atom is -0.497 e. The van der Waals surface area contributed by atoms with Gasteiger partial charge in [0.05, 0.1) is 7.11 Å². The van der Waals surface area contributed by atoms with Gasteiger partial charge in [0.15, 0.2) is 6.10 Å². The Hall–Kier alpha value is -3.33. The molecule has 0 radical (unpaired) electrons. The molecule has 0 spiro atoms. The number of hydrogen-bond acceptors (Lipinski definition) is 6. The molecule has 4 atom stereocenters. The van der Waals surface area contributed by atoms with Crippen molar-refractivity contribution in [1.82, 2.24) is 5.48 Å². The second-order valence-electron chi connectivity index (χ2n) is 6.26. The van der Waals surface area contributed by atoms with E-state index in [0.29, 0.717) is 5.56 Å². The lowest BCUT2D eigenvalue weighted by Gasteiger charge is -2.11. The summed E-state index contributed by atoms with van der Waals surface area (Å²) in [5, 5.41) is 28.4. The summed E-state index contributed by atoms with van der Waals surface area (Å²) in [7, 11) is 1.61. The molecule has 7 nitrogen and oxygen atoms in total. The van der Waals surface area contributed by atoms with Crippen LogP contribution in [0.3, 0.4) is 0 Å². The minimum absolute atomic E-state index is 0.653. The van der Waals surface area contributed by atoms with E-state index in [1.54, 1.807) is 19.2 Å². The molecule has 2 aromatic carbocycles. The van der Waals surface area contributed by atoms with Gasteiger partial charge in [0.25, 0.3) is 5.91 Å². The van der Waals surface area contributed by atoms with Crippen molar-refractivity contribution in [3.8, 4) is 29.4 Å². The van der Waals surface area contributed by atoms with E-state index < -0.39 is 30.3 Å². The molecule has 0 saturated carbocycles. The summed E-state index contributed by atoms with van der Waals surface area (Å²) >= 11 is 0. The molecular weight excluding hydrogens is 374 g/mol. The van der Waals surface area contributed by atoms with Crippen LogP contribution in [0.2, 0.25) is 0 Å². The molecule has 1 aliphatic heterocycles. The Morgan fingerprint density at radius 2 is 1.45 bits per heavy atom. The van der Waals surface area contributed by atoms with Gasteiger partial charge in [-0.2, -0.15) is 0 Å². The van der Waals surface area contributed by atoms with E-state index in [0.717, 1.165) is 16.9 Å². The monoisotopic (exact) mass is 393 g/mol. The van der Waals surface area contributed by atoms with E-state index >= 15 is 0 Å². The van der Waals surface area contributed by atoms with E-state index in [9.17, 15) is 15.0 Å². The van der Waals surface area contributed by atoms with Crippen molar-refractivity contribution in [1.29, 1.82) is 0 Å². The topological polar surface area (TPSA) is 108 Å². The predicted octanol–water partition coefficient (Wildman–Crippen LogP) is 0.441. The van der Waals surface area contributed by atoms with Gasteiger partial charge >= 0.3 is 0 Å². The maximum absolute atomic E-state index is 11.4. The van der Waals surface area contributed by atoms with Crippen LogP contribution >= 0.6 is 0 Å². The highest BCUT2D eigenvalue weighted by atomic mass is 16.6. The van der Waals surface area contributed by atoms with Crippen LogP contribution in [-0.2, 0) is 9.53 Å². The van der Waals surface area contributed by atoms with Crippen LogP contribution in [0.4, 0.5) is 0 Å². The van der Waals surface area contributed by atoms with Crippen molar-refractivity contribution >= 4 is 5.91 Å². The van der Waals surface area contributed by atoms with Crippen LogP contribution in [0.1, 0.15) is 16.7 Å². The van der Waals surface area contributed by atoms with Crippen LogP contribution in [0.5, 0.6) is 5.75 Å². The van der Waals surface area contributed by atoms with Crippen molar-refractivity contribution in [2.45, 2.75) is 24.4 Å². The lowest BCUT2D eigenvalue weighted by molar-refractivity contribution is -0.143. The van der Waals surface area contributed by atoms with E-state index in [2.05, 4.69) is 23.7 Å². The quantitative estimate of drug-likeness (QED) is 0.335. The summed E-state index contributed by atoms with van der Waals surface area (Å²) in [6.45, 7) is 0. The molecule has 1 saturated heterocycles. The standard InChI is InChI=1S/C22H19NO6/c1-28-17-11-8-16(9-12-17)7-4-14-2-5-15(6-3-14)10-13-18-19(24)20(25)21(29-18)22(26)23-27/h2-3,5-6,8-9,11-12,18-21,24-25,27H,1H3,(H,23,26)/t18-,19-,20-,21+/m1/s1. The molecule has 1 aliphatic rings. The first-order valence-electron chi connectivity index (χ1n) is 8.75. The Kier molecular flexibility index (Phi) is 6.50. The number of amides is 1. The van der Waals surface area contributed by atoms with Crippen LogP contribution < -0.4 is 10.2 Å². The van der Waals surface area contributed by atoms with Crippen LogP contribution in [0, 0.1) is 23.7 Å². The Bertz CT molecular complexity index is 978. The number of hydrogen-bond donors (Lipinski definition) is 4. The van der Waals surface area contributed by atoms with E-state index in [-0.39, 0.29) is 0 Å². The molecule has 148 valence electrons. The molecule has 3 rings (SSSR count). The highest BCUT2D eigenvalue weighted by molar-refractivity contribution is 5.80. The van der Waals surface area contributed by atoms with E-state index in [4.69, 9.17) is 14.7 Å². The summed E-state index contributed by atoms with van der Waals surface area (Å²) < 4.78 is 10.3. The normalized spacial score (nSPS) is 22.6. The maximum Gasteiger partial charge on any atom is 0.275 e. The van der Waals surface area contributed by atoms with Crippen molar-refractivity contribution in [3.63, 3.8) is 0 Å². The molecule has 1 amide bonds. The molecule has 0 unspecified atom stereocenters. The van der Waals surface area contributed by atoms with Gasteiger partial charge in [0.1, 0.15) is 24.1 Å². The van der Waals surface area contributed by atoms with Gasteiger partial charge in [0, 0.05) is 16.7 Å². The number of aliphatic hydroxyl groups is 2. The summed E-state index contributed by atoms with van der Waals surface area (Å²) in [6, 6.07) is 14.6. The SMILES string of the molecule is COc1ccc(C#Cc2ccc(C#C[C@H]3O[C@H](C(=O)NO)[C@H](O)[C@@H]3O)cc2)cc1. The summed E-state index contributed by atoms with van der Waals surface area (Å²) in [5.74, 6) is 11.4. The minimum atomic E-state index is -1.47. The van der Waals surface area contributed by atoms with Crippen molar-refractivity contribution in [3.05, 3.63) is 65.2 Å². The van der Waals surface area contributed by atoms with E-state index in [1.807, 2.05) is 36.4 Å². The zero-order valence-electron chi connectivity index (χ0n) is 15.5. The summed E-state index contributed by atoms with van der Waals surface area (Å²) in [4.78, 5) is 11.4. The molecule has 0 aliphatic carbocycles. The number of rotatable bonds is 2. The third kappa shape index (κ3) is 4.94. The van der Waals surface area contributed by atoms with Gasteiger partial charge in [-0.05, 0) is 48.5 Å². The molecule has 29 heavy (non-hydrogen) atoms. The number of hydroxylamine groups is 1. The maximum atomic E-state index is 11.4. The highest BCUT2D eigenvalue weighted by Crippen LogP contribution is 2.21. The smallest absolute Gasteiger partial charge is 0.275 e. The zero-order valence-corrected chi connectivity index (χ0v) is 15.5. The molecule has 2 aromatic rings. The molecule has 7 heteroatoms. The van der Waals surface area contributed by atoms with Gasteiger partial charge in [-0.3, -0.25) is 10.0 Å². The predicted molar refractivity (Wildman–Crippen MR) is 103 cm³/mol. The van der Waals surface area contributed by atoms with Gasteiger partial charge in [-0.15, -0.1) is 0 Å². The Labute approximate surface area is 167 Å². The lowest BCUT2D eigenvalue weighted by atomic mass is 10.1. The molecule has 4 N–H and O–H groups in total. The highest BCUT2D eigenvalue weighted by Gasteiger charge is 2.45. The Morgan fingerprint density at radius 1 is 0.931 bits per heavy atom. The second-order valence-corrected chi connectivity index (χ2v) is 6.26. The first-order chi connectivity index (χ1) is 14.0. The summed E-state index contributed by atoms with van der Waals surface area (Å²) in [5.41, 5.74) is 3.71. The fraction of sp³-hybridized carbons (Fsp3) is 0.227. The molecule has 1 heterocycles. The van der Waals surface area contributed by atoms with Gasteiger partial charge in [-0.25, -0.2) is 5.48 Å². The molecule has 0 bridgehead atoms. The molecule has 1 fully saturated rings. The van der Waals surface area contributed by atoms with Gasteiger partial charge < -0.3 is 19.7 Å². The summed E-state index contributed by atoms with van der Waals surface area (Å²) in [6.07, 6.45) is -5.27. The second kappa shape index (κ2) is 9.24. The third-order valence-electron chi connectivity index (χ3n) is 4.32. The molecule has 0 aromatic heterocycles. The first-order valence-corrected chi connectivity index (χ1v) is 8.75. The molecular formula is C22H19NO6. The van der Waals surface area contributed by atoms with Crippen molar-refractivity contribution in [2.24, 2.45) is 0 Å². The third-order valence-corrected chi connectivity index (χ3v) is 4.32. The number of carbonyl (C=O) groups is 1. The number of benzene rings is 2. The number of carbonyl (C=O) groups excluding carboxylic acids is 1. The average Bonchev–Trinajstić information content (AvgIpc) is 3.05. The Balaban J connectivity index is 1.66. The van der Waals surface area contributed by atoms with Crippen LogP contribution in [0.15, 0.2) is 48.5 Å². The number of nitrogens with one attached hydrogen (secondary N) is 1. The largest absolute Gasteiger partial charge is 0.497 e. The Morgan fingerprint density at radius 3 is 1.97 bits per heavy atom. The first kappa shape index (κ1) is 20.4. The van der Waals surface area contributed by atoms with Crippen molar-refractivity contribution < 1.29 is 29.7 Å². The number of ether oxygens (including phenoxy) is 2. The fourth-order valence-electron chi connectivity index (χ4n) is 2.69.